The standard InChI is InChI=1S/C16H16FNO3/c1-20-13-5-2-11(3-6-13)8-9-21-16(19)12-4-7-14(17)15(18)10-12/h2-7,10H,8-9,18H2,1H3. The monoisotopic (exact) mass is 289 g/mol. The summed E-state index contributed by atoms with van der Waals surface area (Å²) < 4.78 is 23.2. The minimum absolute atomic E-state index is 0.0698. The third kappa shape index (κ3) is 3.95. The number of ether oxygens (including phenoxy) is 2. The molecule has 110 valence electrons. The second-order valence-corrected chi connectivity index (χ2v) is 4.47. The predicted molar refractivity (Wildman–Crippen MR) is 77.8 cm³/mol. The molecule has 0 spiro atoms. The van der Waals surface area contributed by atoms with E-state index in [4.69, 9.17) is 15.2 Å². The average molecular weight is 289 g/mol. The second kappa shape index (κ2) is 6.74. The van der Waals surface area contributed by atoms with Crippen LogP contribution >= 0.6 is 0 Å². The van der Waals surface area contributed by atoms with E-state index >= 15 is 0 Å². The molecule has 0 unspecified atom stereocenters. The maximum atomic E-state index is 13.0. The summed E-state index contributed by atoms with van der Waals surface area (Å²) in [5.74, 6) is -0.294. The molecule has 2 aromatic rings. The molecule has 0 amide bonds. The molecule has 0 bridgehead atoms. The highest BCUT2D eigenvalue weighted by Gasteiger charge is 2.09. The summed E-state index contributed by atoms with van der Waals surface area (Å²) in [6.45, 7) is 0.239. The molecule has 0 atom stereocenters. The molecule has 0 heterocycles. The Morgan fingerprint density at radius 2 is 1.90 bits per heavy atom. The van der Waals surface area contributed by atoms with Crippen LogP contribution in [0, 0.1) is 5.82 Å². The van der Waals surface area contributed by atoms with Crippen LogP contribution in [-0.2, 0) is 11.2 Å². The highest BCUT2D eigenvalue weighted by atomic mass is 19.1. The number of nitrogens with two attached hydrogens (primary N) is 1. The van der Waals surface area contributed by atoms with Crippen molar-refractivity contribution < 1.29 is 18.7 Å². The Kier molecular flexibility index (Phi) is 4.77. The Balaban J connectivity index is 1.87. The molecule has 0 saturated heterocycles. The summed E-state index contributed by atoms with van der Waals surface area (Å²) in [6, 6.07) is 11.3. The van der Waals surface area contributed by atoms with Crippen LogP contribution in [0.2, 0.25) is 0 Å². The van der Waals surface area contributed by atoms with Crippen molar-refractivity contribution in [3.05, 3.63) is 59.4 Å². The SMILES string of the molecule is COc1ccc(CCOC(=O)c2ccc(F)c(N)c2)cc1. The maximum absolute atomic E-state index is 13.0. The lowest BCUT2D eigenvalue weighted by atomic mass is 10.1. The first-order valence-electron chi connectivity index (χ1n) is 6.45. The summed E-state index contributed by atoms with van der Waals surface area (Å²) in [5.41, 5.74) is 6.61. The molecule has 0 aliphatic rings. The molecule has 0 radical (unpaired) electrons. The van der Waals surface area contributed by atoms with Crippen molar-refractivity contribution in [2.24, 2.45) is 0 Å². The molecule has 0 aliphatic heterocycles. The Morgan fingerprint density at radius 1 is 1.19 bits per heavy atom. The first kappa shape index (κ1) is 14.8. The van der Waals surface area contributed by atoms with E-state index in [9.17, 15) is 9.18 Å². The highest BCUT2D eigenvalue weighted by Crippen LogP contribution is 2.14. The number of carbonyl (C=O) groups is 1. The molecule has 4 nitrogen and oxygen atoms in total. The number of rotatable bonds is 5. The predicted octanol–water partition coefficient (Wildman–Crippen LogP) is 2.82. The van der Waals surface area contributed by atoms with Crippen LogP contribution in [0.1, 0.15) is 15.9 Å². The zero-order chi connectivity index (χ0) is 15.2. The lowest BCUT2D eigenvalue weighted by Gasteiger charge is -2.06. The number of carbonyl (C=O) groups excluding carboxylic acids is 1. The molecule has 5 heteroatoms. The topological polar surface area (TPSA) is 61.5 Å². The van der Waals surface area contributed by atoms with Gasteiger partial charge in [0.05, 0.1) is 25.0 Å². The quantitative estimate of drug-likeness (QED) is 0.679. The molecular weight excluding hydrogens is 273 g/mol. The molecule has 0 aromatic heterocycles. The van der Waals surface area contributed by atoms with Gasteiger partial charge < -0.3 is 15.2 Å². The second-order valence-electron chi connectivity index (χ2n) is 4.47. The van der Waals surface area contributed by atoms with Crippen LogP contribution in [0.3, 0.4) is 0 Å². The average Bonchev–Trinajstić information content (AvgIpc) is 2.50. The van der Waals surface area contributed by atoms with Gasteiger partial charge in [-0.3, -0.25) is 0 Å². The third-order valence-corrected chi connectivity index (χ3v) is 3.01. The van der Waals surface area contributed by atoms with E-state index in [2.05, 4.69) is 0 Å². The minimum atomic E-state index is -0.551. The normalized spacial score (nSPS) is 10.2. The van der Waals surface area contributed by atoms with Crippen LogP contribution in [0.25, 0.3) is 0 Å². The zero-order valence-electron chi connectivity index (χ0n) is 11.6. The molecule has 0 aliphatic carbocycles. The molecule has 0 saturated carbocycles. The van der Waals surface area contributed by atoms with Crippen molar-refractivity contribution >= 4 is 11.7 Å². The third-order valence-electron chi connectivity index (χ3n) is 3.01. The van der Waals surface area contributed by atoms with E-state index in [-0.39, 0.29) is 17.9 Å². The molecular formula is C16H16FNO3. The van der Waals surface area contributed by atoms with E-state index < -0.39 is 11.8 Å². The highest BCUT2D eigenvalue weighted by molar-refractivity contribution is 5.90. The summed E-state index contributed by atoms with van der Waals surface area (Å²) in [7, 11) is 1.60. The number of nitrogen functional groups attached to an aromatic ring is 1. The summed E-state index contributed by atoms with van der Waals surface area (Å²) >= 11 is 0. The number of esters is 1. The largest absolute Gasteiger partial charge is 0.497 e. The number of hydrogen-bond donors (Lipinski definition) is 1. The number of benzene rings is 2. The van der Waals surface area contributed by atoms with Crippen molar-refractivity contribution in [1.82, 2.24) is 0 Å². The molecule has 2 N–H and O–H groups in total. The molecule has 0 fully saturated rings. The first-order valence-corrected chi connectivity index (χ1v) is 6.45. The lowest BCUT2D eigenvalue weighted by molar-refractivity contribution is 0.0509. The number of anilines is 1. The lowest BCUT2D eigenvalue weighted by Crippen LogP contribution is -2.09. The van der Waals surface area contributed by atoms with Gasteiger partial charge in [0.2, 0.25) is 0 Å². The zero-order valence-corrected chi connectivity index (χ0v) is 11.6. The van der Waals surface area contributed by atoms with Gasteiger partial charge in [-0.2, -0.15) is 0 Å². The Morgan fingerprint density at radius 3 is 2.52 bits per heavy atom. The first-order chi connectivity index (χ1) is 10.1. The van der Waals surface area contributed by atoms with Crippen molar-refractivity contribution in [3.63, 3.8) is 0 Å². The van der Waals surface area contributed by atoms with Gasteiger partial charge in [-0.25, -0.2) is 9.18 Å². The van der Waals surface area contributed by atoms with Crippen LogP contribution < -0.4 is 10.5 Å². The van der Waals surface area contributed by atoms with Crippen LogP contribution in [0.15, 0.2) is 42.5 Å². The van der Waals surface area contributed by atoms with Crippen LogP contribution in [-0.4, -0.2) is 19.7 Å². The Bertz CT molecular complexity index is 626. The summed E-state index contributed by atoms with van der Waals surface area (Å²) in [5, 5.41) is 0. The number of hydrogen-bond acceptors (Lipinski definition) is 4. The smallest absolute Gasteiger partial charge is 0.338 e. The molecule has 21 heavy (non-hydrogen) atoms. The Labute approximate surface area is 122 Å². The van der Waals surface area contributed by atoms with E-state index in [1.165, 1.54) is 12.1 Å². The maximum Gasteiger partial charge on any atom is 0.338 e. The number of halogens is 1. The summed E-state index contributed by atoms with van der Waals surface area (Å²) in [6.07, 6.45) is 0.590. The number of methoxy groups -OCH3 is 1. The molecule has 2 rings (SSSR count). The van der Waals surface area contributed by atoms with Crippen LogP contribution in [0.4, 0.5) is 10.1 Å². The fourth-order valence-electron chi connectivity index (χ4n) is 1.81. The van der Waals surface area contributed by atoms with E-state index in [1.807, 2.05) is 24.3 Å². The van der Waals surface area contributed by atoms with E-state index in [0.29, 0.717) is 6.42 Å². The van der Waals surface area contributed by atoms with Gasteiger partial charge in [-0.05, 0) is 35.9 Å². The van der Waals surface area contributed by atoms with Gasteiger partial charge in [0.1, 0.15) is 11.6 Å². The fourth-order valence-corrected chi connectivity index (χ4v) is 1.81. The van der Waals surface area contributed by atoms with Crippen molar-refractivity contribution in [2.45, 2.75) is 6.42 Å². The van der Waals surface area contributed by atoms with Gasteiger partial charge in [0.15, 0.2) is 0 Å². The minimum Gasteiger partial charge on any atom is -0.497 e. The van der Waals surface area contributed by atoms with Gasteiger partial charge in [0.25, 0.3) is 0 Å². The molecule has 2 aromatic carbocycles. The van der Waals surface area contributed by atoms with E-state index in [1.54, 1.807) is 7.11 Å². The van der Waals surface area contributed by atoms with Gasteiger partial charge in [0, 0.05) is 6.42 Å². The summed E-state index contributed by atoms with van der Waals surface area (Å²) in [4.78, 5) is 11.8. The van der Waals surface area contributed by atoms with Gasteiger partial charge in [-0.1, -0.05) is 12.1 Å². The van der Waals surface area contributed by atoms with Gasteiger partial charge in [-0.15, -0.1) is 0 Å². The fraction of sp³-hybridized carbons (Fsp3) is 0.188. The van der Waals surface area contributed by atoms with Crippen molar-refractivity contribution in [3.8, 4) is 5.75 Å². The van der Waals surface area contributed by atoms with E-state index in [0.717, 1.165) is 17.4 Å². The van der Waals surface area contributed by atoms with Crippen molar-refractivity contribution in [1.29, 1.82) is 0 Å². The Hall–Kier alpha value is -2.56. The van der Waals surface area contributed by atoms with Crippen LogP contribution in [0.5, 0.6) is 5.75 Å². The van der Waals surface area contributed by atoms with Crippen molar-refractivity contribution in [2.75, 3.05) is 19.5 Å². The van der Waals surface area contributed by atoms with Gasteiger partial charge >= 0.3 is 5.97 Å².